The molecule has 654 valence electrons. The largest absolute Gasteiger partial charge is 1.00 e. The smallest absolute Gasteiger partial charge is 0.850 e. The third kappa shape index (κ3) is 17.0. The average molecular weight is 1850 g/mol. The Morgan fingerprint density at radius 1 is 0.341 bits per heavy atom. The molecular weight excluding hydrogens is 1740 g/mol. The number of hydrogen-bond acceptors (Lipinski definition) is 6. The SMILES string of the molecule is Brc1cnc2c3ccccc3c3ccccc3c2n1.CC(C)(C)[O-].COc1cccc(C)c1-c1ccccc1P(C1CCCCC1)C1CCCCC1.[Na+].c1ccc(-n2c3ccccc3c3cc(-c4ccc5[nH]c6ccccc6c5c4)ccc32)cc1.c1ccc(-n2c3ccccc3c3cc(-c4ccc5c(c4)c4ccccc4n5-c4cnc5c6ccccc6c6ccccc6c5n4)ccc32)cc1. The first-order valence-corrected chi connectivity index (χ1v) is 49.3. The van der Waals surface area contributed by atoms with Gasteiger partial charge in [0.2, 0.25) is 0 Å². The molecular formula is C122H101BrN8NaO2P. The molecule has 135 heavy (non-hydrogen) atoms. The van der Waals surface area contributed by atoms with Gasteiger partial charge in [0.25, 0.3) is 0 Å². The minimum absolute atomic E-state index is 0. The summed E-state index contributed by atoms with van der Waals surface area (Å²) in [6, 6.07) is 133. The number of para-hydroxylation sites is 6. The number of aromatic nitrogens is 8. The van der Waals surface area contributed by atoms with E-state index in [0.29, 0.717) is 0 Å². The summed E-state index contributed by atoms with van der Waals surface area (Å²) in [6.07, 6.45) is 18.1. The zero-order chi connectivity index (χ0) is 90.5. The number of halogens is 1. The Morgan fingerprint density at radius 2 is 0.696 bits per heavy atom. The molecule has 6 aromatic heterocycles. The van der Waals surface area contributed by atoms with Gasteiger partial charge in [0.1, 0.15) is 10.4 Å². The van der Waals surface area contributed by atoms with Crippen molar-refractivity contribution in [1.82, 2.24) is 38.6 Å². The van der Waals surface area contributed by atoms with E-state index in [9.17, 15) is 5.11 Å². The van der Waals surface area contributed by atoms with Gasteiger partial charge in [-0.25, -0.2) is 9.97 Å². The molecule has 0 amide bonds. The number of H-pyrrole nitrogens is 1. The molecule has 24 aromatic rings. The molecule has 2 aliphatic rings. The van der Waals surface area contributed by atoms with Crippen LogP contribution in [0.2, 0.25) is 0 Å². The van der Waals surface area contributed by atoms with Crippen LogP contribution in [0, 0.1) is 6.92 Å². The molecule has 10 nitrogen and oxygen atoms in total. The number of fused-ring (bicyclic) bond motifs is 24. The van der Waals surface area contributed by atoms with Gasteiger partial charge < -0.3 is 24.0 Å². The average Bonchev–Trinajstić information content (AvgIpc) is 1.61. The second-order valence-corrected chi connectivity index (χ2v) is 40.2. The number of aromatic amines is 1. The van der Waals surface area contributed by atoms with Crippen molar-refractivity contribution >= 4 is 182 Å². The van der Waals surface area contributed by atoms with Gasteiger partial charge in [0, 0.05) is 92.6 Å². The Morgan fingerprint density at radius 3 is 1.17 bits per heavy atom. The minimum atomic E-state index is -0.750. The molecule has 18 aromatic carbocycles. The van der Waals surface area contributed by atoms with E-state index >= 15 is 0 Å². The van der Waals surface area contributed by atoms with E-state index < -0.39 is 5.60 Å². The van der Waals surface area contributed by atoms with E-state index in [4.69, 9.17) is 14.7 Å². The Bertz CT molecular complexity index is 8490. The summed E-state index contributed by atoms with van der Waals surface area (Å²) in [6.45, 7) is 7.13. The van der Waals surface area contributed by atoms with Gasteiger partial charge in [-0.05, 0) is 223 Å². The summed E-state index contributed by atoms with van der Waals surface area (Å²) in [4.78, 5) is 23.1. The normalized spacial score (nSPS) is 13.2. The van der Waals surface area contributed by atoms with Crippen molar-refractivity contribution < 1.29 is 39.4 Å². The van der Waals surface area contributed by atoms with Gasteiger partial charge in [-0.2, -0.15) is 0 Å². The quantitative estimate of drug-likeness (QED) is 0.0829. The van der Waals surface area contributed by atoms with Crippen LogP contribution in [0.25, 0.3) is 203 Å². The zero-order valence-electron chi connectivity index (χ0n) is 76.9. The van der Waals surface area contributed by atoms with Crippen molar-refractivity contribution in [3.63, 3.8) is 0 Å². The molecule has 0 spiro atoms. The van der Waals surface area contributed by atoms with Crippen LogP contribution in [-0.4, -0.2) is 62.7 Å². The fraction of sp³-hybridized carbons (Fsp3) is 0.148. The van der Waals surface area contributed by atoms with Crippen molar-refractivity contribution in [3.05, 3.63) is 393 Å². The maximum atomic E-state index is 10.1. The molecule has 2 aliphatic carbocycles. The molecule has 2 saturated carbocycles. The first-order chi connectivity index (χ1) is 65.8. The van der Waals surface area contributed by atoms with Crippen molar-refractivity contribution in [2.75, 3.05) is 7.11 Å². The molecule has 0 bridgehead atoms. The Balaban J connectivity index is 0.000000112. The van der Waals surface area contributed by atoms with Crippen LogP contribution in [0.15, 0.2) is 387 Å². The number of methoxy groups -OCH3 is 1. The number of benzene rings is 18. The fourth-order valence-corrected chi connectivity index (χ4v) is 25.5. The molecule has 13 heteroatoms. The van der Waals surface area contributed by atoms with Crippen LogP contribution in [0.4, 0.5) is 0 Å². The van der Waals surface area contributed by atoms with Crippen molar-refractivity contribution in [1.29, 1.82) is 0 Å². The topological polar surface area (TPSA) is 114 Å². The molecule has 2 fully saturated rings. The standard InChI is InChI=1S/C46H28N4.C30H20N2.C26H35OP.C16H9BrN2.C4H9O.Na/c1-2-12-31(13-3-1)49-40-20-10-8-16-34(40)38-26-29(22-24-42(38)49)30-23-25-43-39(27-30)35-17-9-11-21-41(35)50(43)44-28-47-45-36-18-6-4-14-32(36)33-15-5-7-19-37(33)46(45)48-44;1-2-8-22(9-3-1)32-29-13-7-5-11-24(29)26-19-21(15-17-30(26)32)20-14-16-28-25(18-20)23-10-4-6-12-27(23)31-28;1-20-12-11-18-24(27-2)26(20)23-17-9-10-19-25(23)28(21-13-5-3-6-14-21)22-15-7-4-8-16-22;17-14-9-18-15-12-7-3-1-5-10(12)11-6-2-4-8-13(11)16(15)19-14;1-4(2,3)5;/h1-28H;1-19,31H;9-12,17-19,21-22H,3-8,13-16H2,1-2H3;1-9H;1-3H3;/q;;;;-1;+1. The maximum absolute atomic E-state index is 10.1. The van der Waals surface area contributed by atoms with E-state index in [0.717, 1.165) is 82.1 Å². The van der Waals surface area contributed by atoms with E-state index in [1.165, 1.54) is 212 Å². The first-order valence-electron chi connectivity index (χ1n) is 47.0. The Kier molecular flexibility index (Phi) is 24.9. The number of hydrogen-bond donors (Lipinski definition) is 1. The molecule has 26 rings (SSSR count). The molecule has 1 N–H and O–H groups in total. The van der Waals surface area contributed by atoms with E-state index in [1.54, 1.807) is 32.3 Å². The van der Waals surface area contributed by atoms with Crippen LogP contribution in [0.1, 0.15) is 90.5 Å². The second kappa shape index (κ2) is 38.1. The van der Waals surface area contributed by atoms with Gasteiger partial charge in [0.15, 0.2) is 5.82 Å². The van der Waals surface area contributed by atoms with Crippen molar-refractivity contribution in [2.24, 2.45) is 0 Å². The number of rotatable bonds is 10. The first kappa shape index (κ1) is 88.2. The Labute approximate surface area is 817 Å². The molecule has 0 aliphatic heterocycles. The van der Waals surface area contributed by atoms with Crippen molar-refractivity contribution in [3.8, 4) is 56.3 Å². The molecule has 0 radical (unpaired) electrons. The predicted octanol–water partition coefficient (Wildman–Crippen LogP) is 29.2. The fourth-order valence-electron chi connectivity index (χ4n) is 21.2. The minimum Gasteiger partial charge on any atom is -0.850 e. The summed E-state index contributed by atoms with van der Waals surface area (Å²) in [5.74, 6) is 1.83. The van der Waals surface area contributed by atoms with Gasteiger partial charge in [-0.15, -0.1) is 5.60 Å². The number of aryl methyl sites for hydroxylation is 1. The summed E-state index contributed by atoms with van der Waals surface area (Å²) < 4.78 is 13.6. The summed E-state index contributed by atoms with van der Waals surface area (Å²) in [5, 5.41) is 31.1. The van der Waals surface area contributed by atoms with Gasteiger partial charge in [0.05, 0.1) is 74.7 Å². The third-order valence-corrected chi connectivity index (χ3v) is 31.0. The zero-order valence-corrected chi connectivity index (χ0v) is 81.4. The van der Waals surface area contributed by atoms with Crippen LogP contribution in [0.3, 0.4) is 0 Å². The van der Waals surface area contributed by atoms with E-state index in [-0.39, 0.29) is 37.5 Å². The molecule has 0 atom stereocenters. The molecule has 0 saturated heterocycles. The predicted molar refractivity (Wildman–Crippen MR) is 570 cm³/mol. The van der Waals surface area contributed by atoms with Crippen LogP contribution in [0.5, 0.6) is 5.75 Å². The van der Waals surface area contributed by atoms with Gasteiger partial charge in [-0.3, -0.25) is 14.5 Å². The molecule has 0 unspecified atom stereocenters. The molecule has 6 heterocycles. The van der Waals surface area contributed by atoms with Crippen LogP contribution in [-0.2, 0) is 0 Å². The maximum Gasteiger partial charge on any atom is 1.00 e. The monoisotopic (exact) mass is 1840 g/mol. The van der Waals surface area contributed by atoms with E-state index in [1.807, 2.05) is 25.4 Å². The second-order valence-electron chi connectivity index (χ2n) is 36.6. The third-order valence-electron chi connectivity index (χ3n) is 27.1. The van der Waals surface area contributed by atoms with Crippen LogP contribution >= 0.6 is 23.9 Å². The Hall–Kier alpha value is -13.5. The van der Waals surface area contributed by atoms with Gasteiger partial charge in [-0.1, -0.05) is 334 Å². The number of ether oxygens (including phenoxy) is 1. The summed E-state index contributed by atoms with van der Waals surface area (Å²) in [5.41, 5.74) is 25.6. The summed E-state index contributed by atoms with van der Waals surface area (Å²) in [7, 11) is 1.69. The van der Waals surface area contributed by atoms with Crippen molar-refractivity contribution in [2.45, 2.75) is 109 Å². The number of nitrogens with zero attached hydrogens (tertiary/aromatic N) is 7. The van der Waals surface area contributed by atoms with Crippen LogP contribution < -0.4 is 44.7 Å². The van der Waals surface area contributed by atoms with Gasteiger partial charge >= 0.3 is 29.6 Å². The van der Waals surface area contributed by atoms with E-state index in [2.05, 4.69) is 409 Å². The summed E-state index contributed by atoms with van der Waals surface area (Å²) >= 11 is 3.41. The number of nitrogens with one attached hydrogen (secondary N) is 1.